The van der Waals surface area contributed by atoms with Crippen molar-refractivity contribution in [2.45, 2.75) is 26.3 Å². The number of rotatable bonds is 3. The van der Waals surface area contributed by atoms with Gasteiger partial charge in [-0.2, -0.15) is 0 Å². The number of amides is 1. The van der Waals surface area contributed by atoms with Crippen molar-refractivity contribution in [3.05, 3.63) is 39.4 Å². The van der Waals surface area contributed by atoms with Crippen molar-refractivity contribution in [3.63, 3.8) is 0 Å². The third-order valence-corrected chi connectivity index (χ3v) is 3.80. The van der Waals surface area contributed by atoms with E-state index in [1.165, 1.54) is 12.1 Å². The van der Waals surface area contributed by atoms with Gasteiger partial charge in [-0.1, -0.05) is 6.92 Å². The average molecular weight is 277 g/mol. The molecule has 1 fully saturated rings. The van der Waals surface area contributed by atoms with Crippen LogP contribution >= 0.6 is 0 Å². The first-order chi connectivity index (χ1) is 9.49. The fraction of sp³-hybridized carbons (Fsp3) is 0.500. The molecule has 1 aromatic carbocycles. The van der Waals surface area contributed by atoms with Crippen LogP contribution < -0.4 is 10.6 Å². The van der Waals surface area contributed by atoms with E-state index in [0.29, 0.717) is 17.0 Å². The molecule has 6 heteroatoms. The molecule has 0 saturated carbocycles. The lowest BCUT2D eigenvalue weighted by atomic mass is 9.94. The van der Waals surface area contributed by atoms with Crippen molar-refractivity contribution in [2.75, 3.05) is 13.1 Å². The highest BCUT2D eigenvalue weighted by atomic mass is 16.6. The second-order valence-corrected chi connectivity index (χ2v) is 5.31. The topological polar surface area (TPSA) is 84.3 Å². The molecule has 0 radical (unpaired) electrons. The number of carbonyl (C=O) groups excluding carboxylic acids is 1. The van der Waals surface area contributed by atoms with Gasteiger partial charge in [0.1, 0.15) is 0 Å². The first kappa shape index (κ1) is 14.5. The molecular formula is C14H19N3O3. The minimum Gasteiger partial charge on any atom is -0.348 e. The lowest BCUT2D eigenvalue weighted by molar-refractivity contribution is -0.385. The van der Waals surface area contributed by atoms with E-state index in [-0.39, 0.29) is 17.6 Å². The van der Waals surface area contributed by atoms with Gasteiger partial charge in [0, 0.05) is 29.8 Å². The molecular weight excluding hydrogens is 258 g/mol. The van der Waals surface area contributed by atoms with Gasteiger partial charge in [-0.3, -0.25) is 14.9 Å². The van der Waals surface area contributed by atoms with Crippen molar-refractivity contribution >= 4 is 11.6 Å². The zero-order valence-electron chi connectivity index (χ0n) is 11.7. The normalized spacial score (nSPS) is 22.3. The van der Waals surface area contributed by atoms with Gasteiger partial charge in [0.05, 0.1) is 4.92 Å². The predicted octanol–water partition coefficient (Wildman–Crippen LogP) is 1.63. The van der Waals surface area contributed by atoms with E-state index in [4.69, 9.17) is 0 Å². The van der Waals surface area contributed by atoms with Crippen LogP contribution in [-0.4, -0.2) is 30.0 Å². The summed E-state index contributed by atoms with van der Waals surface area (Å²) in [6.45, 7) is 5.50. The van der Waals surface area contributed by atoms with Gasteiger partial charge in [-0.25, -0.2) is 0 Å². The Morgan fingerprint density at radius 2 is 2.25 bits per heavy atom. The quantitative estimate of drug-likeness (QED) is 0.649. The zero-order valence-corrected chi connectivity index (χ0v) is 11.7. The minimum absolute atomic E-state index is 0.0363. The maximum Gasteiger partial charge on any atom is 0.272 e. The van der Waals surface area contributed by atoms with Gasteiger partial charge < -0.3 is 10.6 Å². The van der Waals surface area contributed by atoms with Crippen LogP contribution in [0.15, 0.2) is 18.2 Å². The maximum atomic E-state index is 12.2. The summed E-state index contributed by atoms with van der Waals surface area (Å²) in [4.78, 5) is 22.5. The van der Waals surface area contributed by atoms with Crippen LogP contribution in [0.5, 0.6) is 0 Å². The number of nitro groups is 1. The highest BCUT2D eigenvalue weighted by Crippen LogP contribution is 2.19. The molecule has 2 rings (SSSR count). The van der Waals surface area contributed by atoms with E-state index < -0.39 is 4.92 Å². The van der Waals surface area contributed by atoms with Crippen LogP contribution in [0.2, 0.25) is 0 Å². The predicted molar refractivity (Wildman–Crippen MR) is 75.7 cm³/mol. The molecule has 0 aliphatic carbocycles. The molecule has 1 heterocycles. The third-order valence-electron chi connectivity index (χ3n) is 3.80. The highest BCUT2D eigenvalue weighted by molar-refractivity contribution is 5.95. The summed E-state index contributed by atoms with van der Waals surface area (Å²) in [5.74, 6) is 0.253. The number of piperidine rings is 1. The van der Waals surface area contributed by atoms with Gasteiger partial charge in [0.25, 0.3) is 11.6 Å². The summed E-state index contributed by atoms with van der Waals surface area (Å²) in [6.07, 6.45) is 1.03. The third kappa shape index (κ3) is 3.14. The number of nitrogens with zero attached hydrogens (tertiary/aromatic N) is 1. The van der Waals surface area contributed by atoms with E-state index in [1.54, 1.807) is 13.0 Å². The van der Waals surface area contributed by atoms with E-state index in [2.05, 4.69) is 17.6 Å². The molecule has 2 N–H and O–H groups in total. The van der Waals surface area contributed by atoms with Crippen molar-refractivity contribution in [3.8, 4) is 0 Å². The van der Waals surface area contributed by atoms with Gasteiger partial charge in [-0.15, -0.1) is 0 Å². The molecule has 2 unspecified atom stereocenters. The van der Waals surface area contributed by atoms with Gasteiger partial charge in [0.2, 0.25) is 0 Å². The molecule has 108 valence electrons. The van der Waals surface area contributed by atoms with Crippen molar-refractivity contribution in [2.24, 2.45) is 5.92 Å². The van der Waals surface area contributed by atoms with Gasteiger partial charge in [-0.05, 0) is 37.9 Å². The largest absolute Gasteiger partial charge is 0.348 e. The summed E-state index contributed by atoms with van der Waals surface area (Å²) < 4.78 is 0. The first-order valence-corrected chi connectivity index (χ1v) is 6.75. The molecule has 1 saturated heterocycles. The smallest absolute Gasteiger partial charge is 0.272 e. The van der Waals surface area contributed by atoms with Crippen LogP contribution in [-0.2, 0) is 0 Å². The molecule has 6 nitrogen and oxygen atoms in total. The number of benzene rings is 1. The molecule has 20 heavy (non-hydrogen) atoms. The Balaban J connectivity index is 2.09. The summed E-state index contributed by atoms with van der Waals surface area (Å²) in [5, 5.41) is 17.0. The fourth-order valence-corrected chi connectivity index (χ4v) is 2.44. The molecule has 0 spiro atoms. The number of nitrogens with one attached hydrogen (secondary N) is 2. The van der Waals surface area contributed by atoms with E-state index >= 15 is 0 Å². The van der Waals surface area contributed by atoms with E-state index in [0.717, 1.165) is 19.5 Å². The van der Waals surface area contributed by atoms with Gasteiger partial charge >= 0.3 is 0 Å². The highest BCUT2D eigenvalue weighted by Gasteiger charge is 2.23. The molecule has 1 aromatic rings. The molecule has 0 aromatic heterocycles. The lowest BCUT2D eigenvalue weighted by Gasteiger charge is -2.30. The number of aryl methyl sites for hydroxylation is 1. The van der Waals surface area contributed by atoms with E-state index in [1.807, 2.05) is 0 Å². The Kier molecular flexibility index (Phi) is 4.34. The molecule has 1 aliphatic heterocycles. The molecule has 2 atom stereocenters. The number of hydrogen-bond acceptors (Lipinski definition) is 4. The van der Waals surface area contributed by atoms with Crippen LogP contribution in [0, 0.1) is 23.0 Å². The van der Waals surface area contributed by atoms with Crippen LogP contribution in [0.25, 0.3) is 0 Å². The number of nitro benzene ring substituents is 1. The molecule has 0 bridgehead atoms. The fourth-order valence-electron chi connectivity index (χ4n) is 2.44. The van der Waals surface area contributed by atoms with Crippen molar-refractivity contribution in [1.82, 2.24) is 10.6 Å². The Morgan fingerprint density at radius 3 is 2.85 bits per heavy atom. The van der Waals surface area contributed by atoms with Crippen LogP contribution in [0.3, 0.4) is 0 Å². The number of carbonyl (C=O) groups is 1. The standard InChI is InChI=1S/C14H19N3O3/c1-9-5-6-15-8-12(9)16-14(18)11-3-4-13(17(19)20)10(2)7-11/h3-4,7,9,12,15H,5-6,8H2,1-2H3,(H,16,18). The Hall–Kier alpha value is -1.95. The summed E-state index contributed by atoms with van der Waals surface area (Å²) in [5.41, 5.74) is 0.998. The Bertz CT molecular complexity index is 530. The second kappa shape index (κ2) is 6.00. The average Bonchev–Trinajstić information content (AvgIpc) is 2.40. The lowest BCUT2D eigenvalue weighted by Crippen LogP contribution is -2.50. The zero-order chi connectivity index (χ0) is 14.7. The van der Waals surface area contributed by atoms with Gasteiger partial charge in [0.15, 0.2) is 0 Å². The van der Waals surface area contributed by atoms with E-state index in [9.17, 15) is 14.9 Å². The summed E-state index contributed by atoms with van der Waals surface area (Å²) in [7, 11) is 0. The molecule has 1 aliphatic rings. The summed E-state index contributed by atoms with van der Waals surface area (Å²) >= 11 is 0. The Morgan fingerprint density at radius 1 is 1.50 bits per heavy atom. The Labute approximate surface area is 117 Å². The van der Waals surface area contributed by atoms with Crippen LogP contribution in [0.1, 0.15) is 29.3 Å². The summed E-state index contributed by atoms with van der Waals surface area (Å²) in [6, 6.07) is 4.55. The van der Waals surface area contributed by atoms with Crippen molar-refractivity contribution < 1.29 is 9.72 Å². The van der Waals surface area contributed by atoms with Crippen molar-refractivity contribution in [1.29, 1.82) is 0 Å². The second-order valence-electron chi connectivity index (χ2n) is 5.31. The monoisotopic (exact) mass is 277 g/mol. The number of hydrogen-bond donors (Lipinski definition) is 2. The minimum atomic E-state index is -0.440. The SMILES string of the molecule is Cc1cc(C(=O)NC2CNCCC2C)ccc1[N+](=O)[O-]. The molecule has 1 amide bonds. The first-order valence-electron chi connectivity index (χ1n) is 6.75. The maximum absolute atomic E-state index is 12.2. The van der Waals surface area contributed by atoms with Crippen LogP contribution in [0.4, 0.5) is 5.69 Å².